The molecule has 0 saturated heterocycles. The number of hydrogen-bond donors (Lipinski definition) is 0. The van der Waals surface area contributed by atoms with Crippen LogP contribution in [0.5, 0.6) is 0 Å². The van der Waals surface area contributed by atoms with Crippen LogP contribution in [0.3, 0.4) is 0 Å². The molecule has 9 heteroatoms. The Hall–Kier alpha value is -8.10. The molecule has 0 unspecified atom stereocenters. The fourth-order valence-corrected chi connectivity index (χ4v) is 10.3. The summed E-state index contributed by atoms with van der Waals surface area (Å²) < 4.78 is 59.7. The van der Waals surface area contributed by atoms with Gasteiger partial charge in [0.2, 0.25) is 0 Å². The number of aromatic nitrogens is 4. The number of rotatable bonds is 12. The number of imidazole rings is 1. The van der Waals surface area contributed by atoms with Crippen LogP contribution in [-0.4, -0.2) is 19.5 Å². The number of nitrogens with zero attached hydrogens (tertiary/aromatic N) is 4. The van der Waals surface area contributed by atoms with Gasteiger partial charge in [-0.05, 0) is 121 Å². The van der Waals surface area contributed by atoms with Crippen LogP contribution in [0.4, 0.5) is 17.6 Å². The van der Waals surface area contributed by atoms with Gasteiger partial charge in [0, 0.05) is 29.5 Å². The Morgan fingerprint density at radius 1 is 0.438 bits per heavy atom. The van der Waals surface area contributed by atoms with Crippen LogP contribution in [0, 0.1) is 41.5 Å². The van der Waals surface area contributed by atoms with E-state index in [1.807, 2.05) is 48.7 Å². The van der Waals surface area contributed by atoms with Gasteiger partial charge < -0.3 is 4.98 Å². The molecule has 0 spiro atoms. The molecule has 0 aliphatic heterocycles. The van der Waals surface area contributed by atoms with Crippen molar-refractivity contribution in [3.63, 3.8) is 0 Å². The summed E-state index contributed by atoms with van der Waals surface area (Å²) in [5.74, 6) is -1.53. The van der Waals surface area contributed by atoms with E-state index in [1.165, 1.54) is 27.9 Å². The molecule has 0 aliphatic rings. The van der Waals surface area contributed by atoms with Gasteiger partial charge in [-0.15, -0.1) is 60.2 Å². The van der Waals surface area contributed by atoms with Gasteiger partial charge >= 0.3 is 20.1 Å². The summed E-state index contributed by atoms with van der Waals surface area (Å²) in [5.41, 5.74) is 17.3. The first kappa shape index (κ1) is 56.6. The Balaban J connectivity index is 0.000000191. The summed E-state index contributed by atoms with van der Waals surface area (Å²) in [7, 11) is 0. The van der Waals surface area contributed by atoms with E-state index >= 15 is 0 Å². The van der Waals surface area contributed by atoms with Gasteiger partial charge in [-0.2, -0.15) is 0 Å². The maximum atomic E-state index is 14.9. The third-order valence-electron chi connectivity index (χ3n) is 14.2. The van der Waals surface area contributed by atoms with Crippen molar-refractivity contribution in [2.45, 2.75) is 79.1 Å². The summed E-state index contributed by atoms with van der Waals surface area (Å²) in [5, 5.41) is 0. The van der Waals surface area contributed by atoms with Gasteiger partial charge in [-0.25, -0.2) is 4.98 Å². The molecule has 11 aromatic rings. The average Bonchev–Trinajstić information content (AvgIpc) is 3.89. The molecule has 11 rings (SSSR count). The smallest absolute Gasteiger partial charge is 0.345 e. The maximum absolute atomic E-state index is 14.9. The second-order valence-electron chi connectivity index (χ2n) is 21.0. The molecule has 400 valence electrons. The first-order chi connectivity index (χ1) is 38.1. The third-order valence-corrected chi connectivity index (χ3v) is 14.2. The molecule has 0 radical (unpaired) electrons. The molecule has 0 atom stereocenters. The first-order valence-electron chi connectivity index (χ1n) is 26.8. The molecule has 0 N–H and O–H groups in total. The van der Waals surface area contributed by atoms with Crippen molar-refractivity contribution in [3.05, 3.63) is 252 Å². The van der Waals surface area contributed by atoms with Gasteiger partial charge in [0.05, 0.1) is 16.7 Å². The van der Waals surface area contributed by atoms with Crippen LogP contribution in [0.25, 0.3) is 95.3 Å². The molecule has 3 heterocycles. The predicted molar refractivity (Wildman–Crippen MR) is 314 cm³/mol. The molecule has 0 bridgehead atoms. The predicted octanol–water partition coefficient (Wildman–Crippen LogP) is 19.6. The molecule has 0 aliphatic carbocycles. The van der Waals surface area contributed by atoms with Gasteiger partial charge in [0.15, 0.2) is 5.82 Å². The zero-order valence-electron chi connectivity index (χ0n) is 45.8. The van der Waals surface area contributed by atoms with E-state index in [0.717, 1.165) is 85.8 Å². The van der Waals surface area contributed by atoms with E-state index in [2.05, 4.69) is 186 Å². The first-order valence-corrected chi connectivity index (χ1v) is 26.8. The molecule has 3 aromatic heterocycles. The number of benzene rings is 8. The number of halogens is 4. The minimum Gasteiger partial charge on any atom is -0.345 e. The number of fused-ring (bicyclic) bond motifs is 1. The van der Waals surface area contributed by atoms with Crippen molar-refractivity contribution in [1.82, 2.24) is 19.5 Å². The van der Waals surface area contributed by atoms with E-state index in [-0.39, 0.29) is 54.5 Å². The van der Waals surface area contributed by atoms with Crippen LogP contribution in [0.2, 0.25) is 0 Å². The quantitative estimate of drug-likeness (QED) is 0.0904. The summed E-state index contributed by atoms with van der Waals surface area (Å²) in [4.78, 5) is 14.6. The van der Waals surface area contributed by atoms with Crippen molar-refractivity contribution in [3.8, 4) is 84.2 Å². The van der Waals surface area contributed by atoms with E-state index in [1.54, 1.807) is 12.1 Å². The Bertz CT molecular complexity index is 3820. The zero-order valence-corrected chi connectivity index (χ0v) is 48.2. The number of para-hydroxylation sites is 1. The van der Waals surface area contributed by atoms with Crippen LogP contribution in [0.1, 0.15) is 101 Å². The van der Waals surface area contributed by atoms with Crippen LogP contribution >= 0.6 is 0 Å². The topological polar surface area (TPSA) is 43.6 Å². The molecule has 4 nitrogen and oxygen atoms in total. The second kappa shape index (κ2) is 24.5. The van der Waals surface area contributed by atoms with Crippen molar-refractivity contribution in [2.75, 3.05) is 0 Å². The fourth-order valence-electron chi connectivity index (χ4n) is 10.3. The van der Waals surface area contributed by atoms with Crippen LogP contribution in [0.15, 0.2) is 188 Å². The minimum atomic E-state index is -0.841. The summed E-state index contributed by atoms with van der Waals surface area (Å²) in [6, 6.07) is 66.1. The third kappa shape index (κ3) is 11.8. The zero-order chi connectivity index (χ0) is 55.5. The maximum Gasteiger partial charge on any atom is 3.00 e. The van der Waals surface area contributed by atoms with Gasteiger partial charge in [0.1, 0.15) is 5.69 Å². The Morgan fingerprint density at radius 3 is 1.40 bits per heavy atom. The van der Waals surface area contributed by atoms with Crippen molar-refractivity contribution >= 4 is 11.0 Å². The Labute approximate surface area is 480 Å². The Kier molecular flexibility index (Phi) is 17.3. The monoisotopic (exact) mass is 1240 g/mol. The van der Waals surface area contributed by atoms with Gasteiger partial charge in [-0.3, -0.25) is 27.1 Å². The van der Waals surface area contributed by atoms with Crippen molar-refractivity contribution in [2.24, 2.45) is 0 Å². The standard InChI is InChI=1S/C36H32N3.C35H27F4N.Ir/c1-24(2)30-22-28(26-14-7-5-8-15-26)23-31(25(3)4)35(30)39-33-20-13-18-29(27-16-9-6-10-17-27)34(33)38-36(39)32-19-11-12-21-37-32;1-20(2)29-14-23(22-8-6-5-7-9-22)15-30(21(3)4)35(29)24-16-33(27-12-10-25(36)18-31(27)38)40-34(17-24)28-13-11-26(37)19-32(28)39;/h5-16,18-25H,1-4H3;5-11,14-21H,1-4H3;/q-1;-2;+3. The van der Waals surface area contributed by atoms with E-state index in [4.69, 9.17) is 9.97 Å². The van der Waals surface area contributed by atoms with Crippen molar-refractivity contribution < 1.29 is 37.7 Å². The largest absolute Gasteiger partial charge is 3.00 e. The summed E-state index contributed by atoms with van der Waals surface area (Å²) in [6.07, 6.45) is 1.84. The molecule has 0 saturated carbocycles. The van der Waals surface area contributed by atoms with Gasteiger partial charge in [-0.1, -0.05) is 187 Å². The second-order valence-corrected chi connectivity index (χ2v) is 21.0. The van der Waals surface area contributed by atoms with Crippen molar-refractivity contribution in [1.29, 1.82) is 0 Å². The van der Waals surface area contributed by atoms with E-state index in [9.17, 15) is 17.6 Å². The van der Waals surface area contributed by atoms with Crippen LogP contribution < -0.4 is 0 Å². The summed E-state index contributed by atoms with van der Waals surface area (Å²) in [6.45, 7) is 17.5. The number of pyridine rings is 2. The molecule has 8 aromatic carbocycles. The van der Waals surface area contributed by atoms with E-state index < -0.39 is 23.3 Å². The van der Waals surface area contributed by atoms with E-state index in [0.29, 0.717) is 17.4 Å². The molecular formula is C71H59F4IrN4. The van der Waals surface area contributed by atoms with Crippen LogP contribution in [-0.2, 0) is 20.1 Å². The molecular weight excluding hydrogens is 1180 g/mol. The number of hydrogen-bond acceptors (Lipinski definition) is 3. The Morgan fingerprint density at radius 2 is 0.938 bits per heavy atom. The van der Waals surface area contributed by atoms with Gasteiger partial charge in [0.25, 0.3) is 0 Å². The SMILES string of the molecule is CC(C)c1cc(-c2ccccc2)cc(C(C)C)c1-c1cc(-c2[c-]cc(F)cc2F)nc(-c2[c-]cc(F)cc2F)c1.CC(C)c1cc(-c2ccccc2)cc(C(C)C)c1-n1c(-c2ccccn2)nc2c(-c3[c-]cccc3)cccc21.[Ir+3]. The fraction of sp³-hybridized carbons (Fsp3) is 0.169. The minimum absolute atomic E-state index is 0. The average molecular weight is 1240 g/mol. The summed E-state index contributed by atoms with van der Waals surface area (Å²) >= 11 is 0. The molecule has 80 heavy (non-hydrogen) atoms. The molecule has 0 fully saturated rings. The normalized spacial score (nSPS) is 11.3. The molecule has 0 amide bonds.